The number of allylic oxidation sites excluding steroid dienone is 1. The lowest BCUT2D eigenvalue weighted by molar-refractivity contribution is 0.250. The SMILES string of the molecule is CC(C)NC(=O)Nc1ccc(C2=C(N)c3ccc(OCCc4ncco4)cc3C2C2CCC2)cc1. The van der Waals surface area contributed by atoms with Gasteiger partial charge in [0.15, 0.2) is 5.89 Å². The van der Waals surface area contributed by atoms with Gasteiger partial charge in [0.05, 0.1) is 19.2 Å². The highest BCUT2D eigenvalue weighted by Gasteiger charge is 2.39. The number of amides is 2. The van der Waals surface area contributed by atoms with Gasteiger partial charge >= 0.3 is 6.03 Å². The van der Waals surface area contributed by atoms with Crippen LogP contribution in [0.3, 0.4) is 0 Å². The van der Waals surface area contributed by atoms with Gasteiger partial charge in [0.25, 0.3) is 0 Å². The first-order valence-electron chi connectivity index (χ1n) is 12.3. The number of nitrogens with two attached hydrogens (primary N) is 1. The summed E-state index contributed by atoms with van der Waals surface area (Å²) in [7, 11) is 0. The maximum absolute atomic E-state index is 12.1. The number of hydrogen-bond donors (Lipinski definition) is 3. The van der Waals surface area contributed by atoms with E-state index in [-0.39, 0.29) is 18.0 Å². The molecule has 0 aliphatic heterocycles. The third-order valence-electron chi connectivity index (χ3n) is 6.81. The van der Waals surface area contributed by atoms with E-state index in [0.717, 1.165) is 28.3 Å². The van der Waals surface area contributed by atoms with Gasteiger partial charge in [-0.1, -0.05) is 18.6 Å². The fourth-order valence-electron chi connectivity index (χ4n) is 4.99. The highest BCUT2D eigenvalue weighted by atomic mass is 16.5. The van der Waals surface area contributed by atoms with Crippen LogP contribution in [-0.4, -0.2) is 23.7 Å². The first-order chi connectivity index (χ1) is 17.0. The van der Waals surface area contributed by atoms with Gasteiger partial charge in [-0.3, -0.25) is 0 Å². The highest BCUT2D eigenvalue weighted by molar-refractivity contribution is 5.99. The molecule has 1 saturated carbocycles. The number of urea groups is 1. The van der Waals surface area contributed by atoms with Gasteiger partial charge in [-0.05, 0) is 79.6 Å². The van der Waals surface area contributed by atoms with E-state index in [4.69, 9.17) is 14.9 Å². The molecular weight excluding hydrogens is 440 g/mol. The molecule has 1 atom stereocenters. The van der Waals surface area contributed by atoms with Gasteiger partial charge < -0.3 is 25.5 Å². The number of fused-ring (bicyclic) bond motifs is 1. The second-order valence-electron chi connectivity index (χ2n) is 9.60. The molecule has 35 heavy (non-hydrogen) atoms. The summed E-state index contributed by atoms with van der Waals surface area (Å²) in [6.45, 7) is 4.37. The van der Waals surface area contributed by atoms with E-state index < -0.39 is 0 Å². The third-order valence-corrected chi connectivity index (χ3v) is 6.81. The number of anilines is 1. The lowest BCUT2D eigenvalue weighted by Gasteiger charge is -2.34. The normalized spacial score (nSPS) is 17.3. The summed E-state index contributed by atoms with van der Waals surface area (Å²) in [6.07, 6.45) is 7.50. The maximum Gasteiger partial charge on any atom is 0.319 e. The van der Waals surface area contributed by atoms with E-state index in [1.807, 2.05) is 32.0 Å². The number of carbonyl (C=O) groups excluding carboxylic acids is 1. The molecule has 2 aromatic carbocycles. The molecular formula is C28H32N4O3. The van der Waals surface area contributed by atoms with Crippen LogP contribution in [0.25, 0.3) is 11.3 Å². The molecule has 0 bridgehead atoms. The summed E-state index contributed by atoms with van der Waals surface area (Å²) in [4.78, 5) is 16.2. The number of ether oxygens (including phenoxy) is 1. The Kier molecular flexibility index (Phi) is 6.49. The molecule has 1 unspecified atom stereocenters. The quantitative estimate of drug-likeness (QED) is 0.399. The number of nitrogens with one attached hydrogen (secondary N) is 2. The van der Waals surface area contributed by atoms with Crippen molar-refractivity contribution < 1.29 is 13.9 Å². The Labute approximate surface area is 205 Å². The smallest absolute Gasteiger partial charge is 0.319 e. The Balaban J connectivity index is 1.36. The molecule has 0 saturated heterocycles. The fraction of sp³-hybridized carbons (Fsp3) is 0.357. The first kappa shape index (κ1) is 23.0. The Morgan fingerprint density at radius 1 is 1.20 bits per heavy atom. The third kappa shape index (κ3) is 4.90. The number of rotatable bonds is 8. The Bertz CT molecular complexity index is 1210. The van der Waals surface area contributed by atoms with Crippen LogP contribution < -0.4 is 21.1 Å². The average molecular weight is 473 g/mol. The van der Waals surface area contributed by atoms with Gasteiger partial charge in [-0.25, -0.2) is 9.78 Å². The van der Waals surface area contributed by atoms with Crippen LogP contribution >= 0.6 is 0 Å². The second-order valence-corrected chi connectivity index (χ2v) is 9.60. The molecule has 7 heteroatoms. The molecule has 1 aromatic heterocycles. The Hall–Kier alpha value is -3.74. The number of hydrogen-bond acceptors (Lipinski definition) is 5. The number of nitrogens with zero attached hydrogens (tertiary/aromatic N) is 1. The summed E-state index contributed by atoms with van der Waals surface area (Å²) < 4.78 is 11.3. The molecule has 5 rings (SSSR count). The van der Waals surface area contributed by atoms with Crippen LogP contribution in [0.2, 0.25) is 0 Å². The van der Waals surface area contributed by atoms with Crippen molar-refractivity contribution in [2.75, 3.05) is 11.9 Å². The van der Waals surface area contributed by atoms with Gasteiger partial charge in [-0.15, -0.1) is 0 Å². The lowest BCUT2D eigenvalue weighted by atomic mass is 9.70. The van der Waals surface area contributed by atoms with Crippen LogP contribution in [-0.2, 0) is 6.42 Å². The predicted molar refractivity (Wildman–Crippen MR) is 137 cm³/mol. The zero-order valence-electron chi connectivity index (χ0n) is 20.2. The molecule has 7 nitrogen and oxygen atoms in total. The summed E-state index contributed by atoms with van der Waals surface area (Å²) in [5.74, 6) is 2.33. The van der Waals surface area contributed by atoms with E-state index in [1.54, 1.807) is 12.5 Å². The monoisotopic (exact) mass is 472 g/mol. The Morgan fingerprint density at radius 2 is 2.00 bits per heavy atom. The molecule has 182 valence electrons. The molecule has 4 N–H and O–H groups in total. The van der Waals surface area contributed by atoms with Crippen molar-refractivity contribution in [1.82, 2.24) is 10.3 Å². The van der Waals surface area contributed by atoms with Crippen molar-refractivity contribution in [2.45, 2.75) is 51.5 Å². The van der Waals surface area contributed by atoms with E-state index in [9.17, 15) is 4.79 Å². The summed E-state index contributed by atoms with van der Waals surface area (Å²) in [5, 5.41) is 5.73. The summed E-state index contributed by atoms with van der Waals surface area (Å²) >= 11 is 0. The molecule has 1 fully saturated rings. The number of aromatic nitrogens is 1. The lowest BCUT2D eigenvalue weighted by Crippen LogP contribution is -2.34. The average Bonchev–Trinajstić information content (AvgIpc) is 3.40. The van der Waals surface area contributed by atoms with Gasteiger partial charge in [-0.2, -0.15) is 0 Å². The minimum absolute atomic E-state index is 0.0788. The van der Waals surface area contributed by atoms with Crippen LogP contribution in [0.1, 0.15) is 61.6 Å². The zero-order chi connectivity index (χ0) is 24.4. The minimum atomic E-state index is -0.206. The molecule has 1 heterocycles. The van der Waals surface area contributed by atoms with Crippen molar-refractivity contribution >= 4 is 23.0 Å². The van der Waals surface area contributed by atoms with E-state index in [1.165, 1.54) is 30.4 Å². The molecule has 0 spiro atoms. The first-order valence-corrected chi connectivity index (χ1v) is 12.3. The molecule has 2 aliphatic rings. The summed E-state index contributed by atoms with van der Waals surface area (Å²) in [5.41, 5.74) is 13.0. The van der Waals surface area contributed by atoms with Crippen molar-refractivity contribution in [3.8, 4) is 5.75 Å². The predicted octanol–water partition coefficient (Wildman–Crippen LogP) is 5.55. The van der Waals surface area contributed by atoms with E-state index in [0.29, 0.717) is 24.8 Å². The highest BCUT2D eigenvalue weighted by Crippen LogP contribution is 2.54. The molecule has 2 amide bonds. The van der Waals surface area contributed by atoms with Crippen LogP contribution in [0, 0.1) is 5.92 Å². The van der Waals surface area contributed by atoms with E-state index >= 15 is 0 Å². The van der Waals surface area contributed by atoms with Gasteiger partial charge in [0.1, 0.15) is 12.0 Å². The molecule has 3 aromatic rings. The standard InChI is InChI=1S/C28H32N4O3/c1-17(2)31-28(33)32-20-8-6-19(7-9-20)26-25(18-4-3-5-18)23-16-21(10-11-22(23)27(26)29)34-14-12-24-30-13-15-35-24/h6-11,13,15-18,25H,3-5,12,14,29H2,1-2H3,(H2,31,32,33). The zero-order valence-corrected chi connectivity index (χ0v) is 20.2. The molecule has 2 aliphatic carbocycles. The largest absolute Gasteiger partial charge is 0.493 e. The van der Waals surface area contributed by atoms with Crippen LogP contribution in [0.4, 0.5) is 10.5 Å². The number of carbonyl (C=O) groups is 1. The van der Waals surface area contributed by atoms with Crippen molar-refractivity contribution in [3.63, 3.8) is 0 Å². The fourth-order valence-corrected chi connectivity index (χ4v) is 4.99. The molecule has 0 radical (unpaired) electrons. The second kappa shape index (κ2) is 9.86. The topological polar surface area (TPSA) is 102 Å². The van der Waals surface area contributed by atoms with Crippen molar-refractivity contribution in [2.24, 2.45) is 11.7 Å². The van der Waals surface area contributed by atoms with E-state index in [2.05, 4.69) is 39.9 Å². The summed E-state index contributed by atoms with van der Waals surface area (Å²) in [6, 6.07) is 14.1. The van der Waals surface area contributed by atoms with Crippen molar-refractivity contribution in [1.29, 1.82) is 0 Å². The minimum Gasteiger partial charge on any atom is -0.493 e. The van der Waals surface area contributed by atoms with Crippen LogP contribution in [0.5, 0.6) is 5.75 Å². The maximum atomic E-state index is 12.1. The van der Waals surface area contributed by atoms with Crippen molar-refractivity contribution in [3.05, 3.63) is 77.5 Å². The van der Waals surface area contributed by atoms with Gasteiger partial charge in [0.2, 0.25) is 0 Å². The Morgan fingerprint density at radius 3 is 2.66 bits per heavy atom. The number of benzene rings is 2. The van der Waals surface area contributed by atoms with Gasteiger partial charge in [0, 0.05) is 28.9 Å². The van der Waals surface area contributed by atoms with Crippen LogP contribution in [0.15, 0.2) is 59.3 Å². The number of oxazole rings is 1.